The Kier molecular flexibility index (Phi) is 5.03. The van der Waals surface area contributed by atoms with Crippen molar-refractivity contribution in [1.29, 1.82) is 0 Å². The highest BCUT2D eigenvalue weighted by Crippen LogP contribution is 2.28. The van der Waals surface area contributed by atoms with Crippen molar-refractivity contribution in [3.63, 3.8) is 0 Å². The summed E-state index contributed by atoms with van der Waals surface area (Å²) < 4.78 is 36.1. The SMILES string of the molecule is Cc1nc(NCCCCCC(F)(F)F)c2cc(C)sc2n1. The van der Waals surface area contributed by atoms with E-state index in [-0.39, 0.29) is 6.42 Å². The van der Waals surface area contributed by atoms with Crippen molar-refractivity contribution in [3.05, 3.63) is 16.8 Å². The second-order valence-electron chi connectivity index (χ2n) is 5.05. The number of fused-ring (bicyclic) bond motifs is 1. The Balaban J connectivity index is 1.86. The smallest absolute Gasteiger partial charge is 0.369 e. The molecule has 116 valence electrons. The van der Waals surface area contributed by atoms with E-state index in [2.05, 4.69) is 15.3 Å². The molecule has 0 aromatic carbocycles. The van der Waals surface area contributed by atoms with Crippen molar-refractivity contribution in [2.45, 2.75) is 45.7 Å². The molecule has 21 heavy (non-hydrogen) atoms. The number of nitrogens with zero attached hydrogens (tertiary/aromatic N) is 2. The molecule has 0 saturated carbocycles. The summed E-state index contributed by atoms with van der Waals surface area (Å²) in [5, 5.41) is 4.20. The quantitative estimate of drug-likeness (QED) is 0.774. The number of hydrogen-bond acceptors (Lipinski definition) is 4. The van der Waals surface area contributed by atoms with Crippen LogP contribution >= 0.6 is 11.3 Å². The summed E-state index contributed by atoms with van der Waals surface area (Å²) in [6.45, 7) is 4.48. The first-order valence-electron chi connectivity index (χ1n) is 6.90. The van der Waals surface area contributed by atoms with Gasteiger partial charge < -0.3 is 5.32 Å². The van der Waals surface area contributed by atoms with Crippen LogP contribution in [0.5, 0.6) is 0 Å². The highest BCUT2D eigenvalue weighted by atomic mass is 32.1. The van der Waals surface area contributed by atoms with Crippen LogP contribution in [0.15, 0.2) is 6.07 Å². The van der Waals surface area contributed by atoms with Crippen LogP contribution in [0, 0.1) is 13.8 Å². The molecule has 2 aromatic heterocycles. The normalized spacial score (nSPS) is 12.0. The highest BCUT2D eigenvalue weighted by Gasteiger charge is 2.25. The molecule has 7 heteroatoms. The van der Waals surface area contributed by atoms with E-state index in [4.69, 9.17) is 0 Å². The molecule has 0 unspecified atom stereocenters. The number of anilines is 1. The maximum atomic E-state index is 12.0. The van der Waals surface area contributed by atoms with Gasteiger partial charge in [-0.3, -0.25) is 0 Å². The Morgan fingerprint density at radius 1 is 1.14 bits per heavy atom. The van der Waals surface area contributed by atoms with Gasteiger partial charge in [0, 0.05) is 17.8 Å². The zero-order valence-corrected chi connectivity index (χ0v) is 12.9. The van der Waals surface area contributed by atoms with Crippen LogP contribution < -0.4 is 5.32 Å². The second-order valence-corrected chi connectivity index (χ2v) is 6.28. The van der Waals surface area contributed by atoms with Crippen LogP contribution in [0.1, 0.15) is 36.4 Å². The van der Waals surface area contributed by atoms with Gasteiger partial charge in [-0.1, -0.05) is 6.42 Å². The molecule has 3 nitrogen and oxygen atoms in total. The first kappa shape index (κ1) is 16.0. The lowest BCUT2D eigenvalue weighted by Crippen LogP contribution is -2.08. The van der Waals surface area contributed by atoms with Crippen molar-refractivity contribution >= 4 is 27.4 Å². The number of unbranched alkanes of at least 4 members (excludes halogenated alkanes) is 2. The third-order valence-electron chi connectivity index (χ3n) is 3.06. The van der Waals surface area contributed by atoms with E-state index >= 15 is 0 Å². The molecule has 0 radical (unpaired) electrons. The van der Waals surface area contributed by atoms with Gasteiger partial charge >= 0.3 is 6.18 Å². The molecular weight excluding hydrogens is 299 g/mol. The molecule has 1 N–H and O–H groups in total. The summed E-state index contributed by atoms with van der Waals surface area (Å²) in [5.74, 6) is 1.47. The Labute approximate surface area is 125 Å². The van der Waals surface area contributed by atoms with Gasteiger partial charge in [-0.05, 0) is 32.8 Å². The Morgan fingerprint density at radius 2 is 1.90 bits per heavy atom. The fourth-order valence-electron chi connectivity index (χ4n) is 2.12. The maximum absolute atomic E-state index is 12.0. The molecule has 0 aliphatic heterocycles. The van der Waals surface area contributed by atoms with E-state index in [9.17, 15) is 13.2 Å². The summed E-state index contributed by atoms with van der Waals surface area (Å²) in [5.41, 5.74) is 0. The second kappa shape index (κ2) is 6.60. The van der Waals surface area contributed by atoms with Gasteiger partial charge in [-0.15, -0.1) is 11.3 Å². The fraction of sp³-hybridized carbons (Fsp3) is 0.571. The molecule has 0 bridgehead atoms. The first-order valence-corrected chi connectivity index (χ1v) is 7.72. The minimum absolute atomic E-state index is 0.181. The van der Waals surface area contributed by atoms with Crippen LogP contribution in [0.2, 0.25) is 0 Å². The van der Waals surface area contributed by atoms with E-state index in [1.807, 2.05) is 19.9 Å². The molecule has 0 atom stereocenters. The van der Waals surface area contributed by atoms with Crippen molar-refractivity contribution < 1.29 is 13.2 Å². The largest absolute Gasteiger partial charge is 0.389 e. The predicted molar refractivity (Wildman–Crippen MR) is 79.9 cm³/mol. The van der Waals surface area contributed by atoms with Crippen molar-refractivity contribution in [2.24, 2.45) is 0 Å². The van der Waals surface area contributed by atoms with Gasteiger partial charge in [0.25, 0.3) is 0 Å². The van der Waals surface area contributed by atoms with Crippen LogP contribution in [-0.2, 0) is 0 Å². The third-order valence-corrected chi connectivity index (χ3v) is 4.00. The predicted octanol–water partition coefficient (Wildman–Crippen LogP) is 4.84. The average molecular weight is 317 g/mol. The van der Waals surface area contributed by atoms with E-state index in [1.165, 1.54) is 0 Å². The number of aromatic nitrogens is 2. The zero-order chi connectivity index (χ0) is 15.5. The molecule has 0 aliphatic carbocycles. The Bertz CT molecular complexity index is 607. The van der Waals surface area contributed by atoms with Crippen LogP contribution in [0.25, 0.3) is 10.2 Å². The van der Waals surface area contributed by atoms with E-state index in [1.54, 1.807) is 11.3 Å². The molecule has 0 spiro atoms. The molecule has 2 aromatic rings. The first-order chi connectivity index (χ1) is 9.85. The summed E-state index contributed by atoms with van der Waals surface area (Å²) >= 11 is 1.61. The van der Waals surface area contributed by atoms with Crippen LogP contribution in [0.4, 0.5) is 19.0 Å². The third kappa shape index (κ3) is 4.84. The number of halogens is 3. The molecule has 0 fully saturated rings. The number of rotatable bonds is 6. The van der Waals surface area contributed by atoms with Gasteiger partial charge in [0.15, 0.2) is 0 Å². The van der Waals surface area contributed by atoms with E-state index < -0.39 is 12.6 Å². The van der Waals surface area contributed by atoms with E-state index in [0.717, 1.165) is 20.9 Å². The number of alkyl halides is 3. The summed E-state index contributed by atoms with van der Waals surface area (Å²) in [6, 6.07) is 2.03. The monoisotopic (exact) mass is 317 g/mol. The van der Waals surface area contributed by atoms with Crippen molar-refractivity contribution in [1.82, 2.24) is 9.97 Å². The van der Waals surface area contributed by atoms with Gasteiger partial charge in [-0.25, -0.2) is 9.97 Å². The lowest BCUT2D eigenvalue weighted by atomic mass is 10.2. The number of thiophene rings is 1. The molecule has 2 rings (SSSR count). The molecule has 0 aliphatic rings. The fourth-order valence-corrected chi connectivity index (χ4v) is 3.04. The topological polar surface area (TPSA) is 37.8 Å². The zero-order valence-electron chi connectivity index (χ0n) is 12.0. The summed E-state index contributed by atoms with van der Waals surface area (Å²) in [4.78, 5) is 10.9. The standard InChI is InChI=1S/C14H18F3N3S/c1-9-8-11-12(19-10(2)20-13(11)21-9)18-7-5-3-4-6-14(15,16)17/h8H,3-7H2,1-2H3,(H,18,19,20). The lowest BCUT2D eigenvalue weighted by Gasteiger charge is -2.08. The minimum atomic E-state index is -4.04. The molecular formula is C14H18F3N3S. The van der Waals surface area contributed by atoms with Crippen LogP contribution in [0.3, 0.4) is 0 Å². The summed E-state index contributed by atoms with van der Waals surface area (Å²) in [6.07, 6.45) is -3.31. The number of nitrogens with one attached hydrogen (secondary N) is 1. The Hall–Kier alpha value is -1.37. The van der Waals surface area contributed by atoms with Gasteiger partial charge in [0.1, 0.15) is 16.5 Å². The number of hydrogen-bond donors (Lipinski definition) is 1. The summed E-state index contributed by atoms with van der Waals surface area (Å²) in [7, 11) is 0. The minimum Gasteiger partial charge on any atom is -0.369 e. The van der Waals surface area contributed by atoms with Gasteiger partial charge in [0.2, 0.25) is 0 Å². The molecule has 2 heterocycles. The Morgan fingerprint density at radius 3 is 2.62 bits per heavy atom. The van der Waals surface area contributed by atoms with Crippen LogP contribution in [-0.4, -0.2) is 22.7 Å². The van der Waals surface area contributed by atoms with Crippen molar-refractivity contribution in [3.8, 4) is 0 Å². The average Bonchev–Trinajstić information content (AvgIpc) is 2.72. The van der Waals surface area contributed by atoms with Gasteiger partial charge in [0.05, 0.1) is 5.39 Å². The highest BCUT2D eigenvalue weighted by molar-refractivity contribution is 7.18. The van der Waals surface area contributed by atoms with Gasteiger partial charge in [-0.2, -0.15) is 13.2 Å². The lowest BCUT2D eigenvalue weighted by molar-refractivity contribution is -0.135. The molecule has 0 amide bonds. The maximum Gasteiger partial charge on any atom is 0.389 e. The van der Waals surface area contributed by atoms with E-state index in [0.29, 0.717) is 25.2 Å². The molecule has 0 saturated heterocycles. The number of aryl methyl sites for hydroxylation is 2. The van der Waals surface area contributed by atoms with Crippen molar-refractivity contribution in [2.75, 3.05) is 11.9 Å².